The summed E-state index contributed by atoms with van der Waals surface area (Å²) in [6, 6.07) is 0.480. The van der Waals surface area contributed by atoms with E-state index in [4.69, 9.17) is 0 Å². The smallest absolute Gasteiger partial charge is 0.290 e. The van der Waals surface area contributed by atoms with Gasteiger partial charge in [-0.05, 0) is 25.7 Å². The highest BCUT2D eigenvalue weighted by Crippen LogP contribution is 2.24. The molecule has 0 spiro atoms. The number of alkyl halides is 1. The summed E-state index contributed by atoms with van der Waals surface area (Å²) in [7, 11) is 0. The number of nitrogens with zero attached hydrogens (tertiary/aromatic N) is 2. The molecule has 1 saturated heterocycles. The minimum atomic E-state index is -0.0757. The fraction of sp³-hybridized carbons (Fsp3) is 0.636. The van der Waals surface area contributed by atoms with E-state index in [2.05, 4.69) is 30.8 Å². The summed E-state index contributed by atoms with van der Waals surface area (Å²) in [6.07, 6.45) is 7.82. The Morgan fingerprint density at radius 3 is 3.25 bits per heavy atom. The maximum Gasteiger partial charge on any atom is 0.290 e. The molecule has 1 aromatic rings. The third-order valence-electron chi connectivity index (χ3n) is 3.01. The third-order valence-corrected chi connectivity index (χ3v) is 3.57. The van der Waals surface area contributed by atoms with E-state index in [-0.39, 0.29) is 5.56 Å². The van der Waals surface area contributed by atoms with Gasteiger partial charge in [0.2, 0.25) is 0 Å². The number of aromatic nitrogens is 2. The van der Waals surface area contributed by atoms with Crippen molar-refractivity contribution in [3.8, 4) is 0 Å². The van der Waals surface area contributed by atoms with Crippen molar-refractivity contribution in [2.24, 2.45) is 0 Å². The Kier molecular flexibility index (Phi) is 3.98. The van der Waals surface area contributed by atoms with Crippen molar-refractivity contribution < 1.29 is 0 Å². The number of hydrogen-bond donors (Lipinski definition) is 1. The normalized spacial score (nSPS) is 20.3. The highest BCUT2D eigenvalue weighted by atomic mass is 79.9. The number of nitrogens with one attached hydrogen (secondary N) is 1. The molecule has 0 bridgehead atoms. The molecule has 0 aliphatic carbocycles. The van der Waals surface area contributed by atoms with Gasteiger partial charge in [0.1, 0.15) is 0 Å². The molecule has 1 aliphatic rings. The molecular weight excluding hydrogens is 270 g/mol. The summed E-state index contributed by atoms with van der Waals surface area (Å²) < 4.78 is 0. The van der Waals surface area contributed by atoms with Gasteiger partial charge >= 0.3 is 0 Å². The standard InChI is InChI=1S/C11H16BrN3O/c12-5-1-3-9-4-2-8-15(9)10-11(16)14-7-6-13-10/h6-7,9H,1-5,8H2,(H,14,16). The van der Waals surface area contributed by atoms with Crippen LogP contribution in [0.1, 0.15) is 25.7 Å². The summed E-state index contributed by atoms with van der Waals surface area (Å²) in [4.78, 5) is 20.7. The second kappa shape index (κ2) is 5.48. The number of anilines is 1. The third kappa shape index (κ3) is 2.45. The first-order chi connectivity index (χ1) is 7.83. The van der Waals surface area contributed by atoms with Crippen molar-refractivity contribution in [2.75, 3.05) is 16.8 Å². The second-order valence-electron chi connectivity index (χ2n) is 4.06. The van der Waals surface area contributed by atoms with Crippen LogP contribution in [0.3, 0.4) is 0 Å². The fourth-order valence-electron chi connectivity index (χ4n) is 2.28. The van der Waals surface area contributed by atoms with Crippen molar-refractivity contribution in [2.45, 2.75) is 31.7 Å². The van der Waals surface area contributed by atoms with Gasteiger partial charge in [-0.15, -0.1) is 0 Å². The number of H-pyrrole nitrogens is 1. The van der Waals surface area contributed by atoms with Gasteiger partial charge in [-0.25, -0.2) is 4.98 Å². The van der Waals surface area contributed by atoms with Crippen LogP contribution in [0.15, 0.2) is 17.2 Å². The summed E-state index contributed by atoms with van der Waals surface area (Å²) in [6.45, 7) is 0.951. The van der Waals surface area contributed by atoms with Crippen LogP contribution >= 0.6 is 15.9 Å². The highest BCUT2D eigenvalue weighted by molar-refractivity contribution is 9.09. The van der Waals surface area contributed by atoms with Gasteiger partial charge in [0.15, 0.2) is 5.82 Å². The molecular formula is C11H16BrN3O. The van der Waals surface area contributed by atoms with Crippen molar-refractivity contribution in [3.05, 3.63) is 22.7 Å². The van der Waals surface area contributed by atoms with Crippen LogP contribution in [-0.4, -0.2) is 27.9 Å². The lowest BCUT2D eigenvalue weighted by Crippen LogP contribution is -2.34. The topological polar surface area (TPSA) is 49.0 Å². The minimum absolute atomic E-state index is 0.0757. The lowest BCUT2D eigenvalue weighted by Gasteiger charge is -2.24. The van der Waals surface area contributed by atoms with Crippen molar-refractivity contribution in [1.29, 1.82) is 0 Å². The maximum atomic E-state index is 11.7. The van der Waals surface area contributed by atoms with Crippen LogP contribution in [0.25, 0.3) is 0 Å². The molecule has 2 rings (SSSR count). The number of hydrogen-bond acceptors (Lipinski definition) is 3. The SMILES string of the molecule is O=c1[nH]ccnc1N1CCCC1CCCBr. The molecule has 1 fully saturated rings. The van der Waals surface area contributed by atoms with Crippen LogP contribution in [-0.2, 0) is 0 Å². The first-order valence-corrected chi connectivity index (χ1v) is 6.81. The molecule has 4 nitrogen and oxygen atoms in total. The fourth-order valence-corrected chi connectivity index (χ4v) is 2.60. The van der Waals surface area contributed by atoms with E-state index < -0.39 is 0 Å². The Bertz CT molecular complexity index is 393. The lowest BCUT2D eigenvalue weighted by molar-refractivity contribution is 0.598. The van der Waals surface area contributed by atoms with Crippen LogP contribution in [0.4, 0.5) is 5.82 Å². The number of rotatable bonds is 4. The van der Waals surface area contributed by atoms with E-state index in [9.17, 15) is 4.79 Å². The predicted octanol–water partition coefficient (Wildman–Crippen LogP) is 1.91. The summed E-state index contributed by atoms with van der Waals surface area (Å²) >= 11 is 3.45. The quantitative estimate of drug-likeness (QED) is 0.860. The van der Waals surface area contributed by atoms with Crippen LogP contribution in [0, 0.1) is 0 Å². The van der Waals surface area contributed by atoms with Crippen molar-refractivity contribution >= 4 is 21.7 Å². The highest BCUT2D eigenvalue weighted by Gasteiger charge is 2.26. The molecule has 5 heteroatoms. The van der Waals surface area contributed by atoms with E-state index in [1.165, 1.54) is 6.42 Å². The summed E-state index contributed by atoms with van der Waals surface area (Å²) in [5.41, 5.74) is -0.0757. The molecule has 0 saturated carbocycles. The Morgan fingerprint density at radius 1 is 1.62 bits per heavy atom. The Hall–Kier alpha value is -0.840. The minimum Gasteiger partial charge on any atom is -0.349 e. The number of halogens is 1. The molecule has 1 aromatic heterocycles. The average molecular weight is 286 g/mol. The van der Waals surface area contributed by atoms with Gasteiger partial charge in [0.25, 0.3) is 5.56 Å². The first-order valence-electron chi connectivity index (χ1n) is 5.69. The second-order valence-corrected chi connectivity index (χ2v) is 4.86. The van der Waals surface area contributed by atoms with E-state index in [0.717, 1.165) is 31.1 Å². The molecule has 0 aromatic carbocycles. The van der Waals surface area contributed by atoms with E-state index in [0.29, 0.717) is 11.9 Å². The van der Waals surface area contributed by atoms with Gasteiger partial charge < -0.3 is 9.88 Å². The van der Waals surface area contributed by atoms with E-state index in [1.54, 1.807) is 12.4 Å². The lowest BCUT2D eigenvalue weighted by atomic mass is 10.1. The van der Waals surface area contributed by atoms with Gasteiger partial charge in [-0.3, -0.25) is 4.79 Å². The summed E-state index contributed by atoms with van der Waals surface area (Å²) in [5.74, 6) is 0.583. The van der Waals surface area contributed by atoms with Crippen molar-refractivity contribution in [3.63, 3.8) is 0 Å². The molecule has 1 N–H and O–H groups in total. The number of aromatic amines is 1. The zero-order valence-corrected chi connectivity index (χ0v) is 10.7. The van der Waals surface area contributed by atoms with Gasteiger partial charge in [-0.1, -0.05) is 15.9 Å². The molecule has 88 valence electrons. The van der Waals surface area contributed by atoms with Gasteiger partial charge in [0, 0.05) is 30.3 Å². The van der Waals surface area contributed by atoms with Crippen LogP contribution in [0.2, 0.25) is 0 Å². The molecule has 1 unspecified atom stereocenters. The molecule has 16 heavy (non-hydrogen) atoms. The first kappa shape index (κ1) is 11.6. The van der Waals surface area contributed by atoms with Crippen LogP contribution in [0.5, 0.6) is 0 Å². The van der Waals surface area contributed by atoms with Crippen LogP contribution < -0.4 is 10.5 Å². The monoisotopic (exact) mass is 285 g/mol. The maximum absolute atomic E-state index is 11.7. The zero-order chi connectivity index (χ0) is 11.4. The Balaban J connectivity index is 2.14. The predicted molar refractivity (Wildman–Crippen MR) is 68.3 cm³/mol. The van der Waals surface area contributed by atoms with E-state index >= 15 is 0 Å². The Labute approximate surface area is 103 Å². The molecule has 1 atom stereocenters. The van der Waals surface area contributed by atoms with Crippen molar-refractivity contribution in [1.82, 2.24) is 9.97 Å². The molecule has 0 radical (unpaired) electrons. The van der Waals surface area contributed by atoms with E-state index in [1.807, 2.05) is 0 Å². The molecule has 1 aliphatic heterocycles. The Morgan fingerprint density at radius 2 is 2.50 bits per heavy atom. The molecule has 0 amide bonds. The zero-order valence-electron chi connectivity index (χ0n) is 9.16. The molecule has 2 heterocycles. The average Bonchev–Trinajstić information content (AvgIpc) is 2.75. The summed E-state index contributed by atoms with van der Waals surface area (Å²) in [5, 5.41) is 1.02. The van der Waals surface area contributed by atoms with Gasteiger partial charge in [-0.2, -0.15) is 0 Å². The largest absolute Gasteiger partial charge is 0.349 e. The van der Waals surface area contributed by atoms with Gasteiger partial charge in [0.05, 0.1) is 0 Å².